The van der Waals surface area contributed by atoms with Crippen molar-refractivity contribution in [2.45, 2.75) is 40.0 Å². The Bertz CT molecular complexity index is 961. The predicted octanol–water partition coefficient (Wildman–Crippen LogP) is 4.70. The van der Waals surface area contributed by atoms with E-state index in [1.54, 1.807) is 0 Å². The fourth-order valence-corrected chi connectivity index (χ4v) is 3.72. The Labute approximate surface area is 179 Å². The topological polar surface area (TPSA) is 50.2 Å². The SMILES string of the molecule is CCCc1c(C)nn(-c2ccc(C(=O)NCCCN(C)c3ccccc3)cc2)c1C. The van der Waals surface area contributed by atoms with Crippen molar-refractivity contribution in [2.24, 2.45) is 0 Å². The molecule has 0 saturated carbocycles. The molecule has 3 rings (SSSR count). The zero-order valence-corrected chi connectivity index (χ0v) is 18.5. The number of nitrogens with one attached hydrogen (secondary N) is 1. The van der Waals surface area contributed by atoms with Gasteiger partial charge in [-0.05, 0) is 68.7 Å². The Balaban J connectivity index is 1.53. The minimum absolute atomic E-state index is 0.0380. The van der Waals surface area contributed by atoms with Crippen LogP contribution in [0.25, 0.3) is 5.69 Å². The predicted molar refractivity (Wildman–Crippen MR) is 124 cm³/mol. The zero-order valence-electron chi connectivity index (χ0n) is 18.5. The summed E-state index contributed by atoms with van der Waals surface area (Å²) < 4.78 is 1.97. The van der Waals surface area contributed by atoms with Gasteiger partial charge in [0.05, 0.1) is 11.4 Å². The van der Waals surface area contributed by atoms with Crippen LogP contribution in [-0.2, 0) is 6.42 Å². The number of hydrogen-bond acceptors (Lipinski definition) is 3. The summed E-state index contributed by atoms with van der Waals surface area (Å²) in [6, 6.07) is 17.9. The molecule has 0 fully saturated rings. The van der Waals surface area contributed by atoms with Gasteiger partial charge in [0.15, 0.2) is 0 Å². The van der Waals surface area contributed by atoms with Crippen molar-refractivity contribution < 1.29 is 4.79 Å². The summed E-state index contributed by atoms with van der Waals surface area (Å²) >= 11 is 0. The molecule has 0 spiro atoms. The quantitative estimate of drug-likeness (QED) is 0.526. The van der Waals surface area contributed by atoms with Crippen molar-refractivity contribution >= 4 is 11.6 Å². The van der Waals surface area contributed by atoms with Gasteiger partial charge < -0.3 is 10.2 Å². The molecule has 1 heterocycles. The largest absolute Gasteiger partial charge is 0.375 e. The Kier molecular flexibility index (Phi) is 7.28. The maximum Gasteiger partial charge on any atom is 0.251 e. The van der Waals surface area contributed by atoms with Crippen molar-refractivity contribution in [3.63, 3.8) is 0 Å². The van der Waals surface area contributed by atoms with Gasteiger partial charge in [0, 0.05) is 37.1 Å². The van der Waals surface area contributed by atoms with Gasteiger partial charge in [-0.25, -0.2) is 4.68 Å². The molecule has 0 bridgehead atoms. The summed E-state index contributed by atoms with van der Waals surface area (Å²) in [5, 5.41) is 7.71. The average Bonchev–Trinajstić information content (AvgIpc) is 3.05. The van der Waals surface area contributed by atoms with Crippen LogP contribution >= 0.6 is 0 Å². The van der Waals surface area contributed by atoms with E-state index in [1.165, 1.54) is 16.9 Å². The van der Waals surface area contributed by atoms with Crippen LogP contribution in [0.3, 0.4) is 0 Å². The molecule has 0 radical (unpaired) electrons. The van der Waals surface area contributed by atoms with Crippen LogP contribution in [-0.4, -0.2) is 35.8 Å². The lowest BCUT2D eigenvalue weighted by molar-refractivity contribution is 0.0953. The fraction of sp³-hybridized carbons (Fsp3) is 0.360. The number of carbonyl (C=O) groups is 1. The zero-order chi connectivity index (χ0) is 21.5. The lowest BCUT2D eigenvalue weighted by Crippen LogP contribution is -2.28. The molecule has 158 valence electrons. The van der Waals surface area contributed by atoms with E-state index in [0.717, 1.165) is 37.2 Å². The van der Waals surface area contributed by atoms with Crippen molar-refractivity contribution in [3.8, 4) is 5.69 Å². The molecule has 2 aromatic carbocycles. The van der Waals surface area contributed by atoms with Gasteiger partial charge in [0.2, 0.25) is 0 Å². The third-order valence-corrected chi connectivity index (χ3v) is 5.47. The second kappa shape index (κ2) is 10.1. The van der Waals surface area contributed by atoms with Crippen molar-refractivity contribution in [1.29, 1.82) is 0 Å². The van der Waals surface area contributed by atoms with E-state index in [1.807, 2.05) is 47.1 Å². The van der Waals surface area contributed by atoms with Crippen molar-refractivity contribution in [1.82, 2.24) is 15.1 Å². The molecular weight excluding hydrogens is 372 g/mol. The second-order valence-corrected chi connectivity index (χ2v) is 7.72. The molecular formula is C25H32N4O. The second-order valence-electron chi connectivity index (χ2n) is 7.72. The third-order valence-electron chi connectivity index (χ3n) is 5.47. The minimum atomic E-state index is -0.0380. The van der Waals surface area contributed by atoms with Gasteiger partial charge in [-0.1, -0.05) is 31.5 Å². The molecule has 0 aliphatic carbocycles. The van der Waals surface area contributed by atoms with Crippen LogP contribution < -0.4 is 10.2 Å². The van der Waals surface area contributed by atoms with E-state index < -0.39 is 0 Å². The van der Waals surface area contributed by atoms with E-state index in [-0.39, 0.29) is 5.91 Å². The summed E-state index contributed by atoms with van der Waals surface area (Å²) in [6.45, 7) is 7.89. The van der Waals surface area contributed by atoms with Crippen molar-refractivity contribution in [3.05, 3.63) is 77.1 Å². The molecule has 30 heavy (non-hydrogen) atoms. The molecule has 0 aliphatic heterocycles. The fourth-order valence-electron chi connectivity index (χ4n) is 3.72. The van der Waals surface area contributed by atoms with Gasteiger partial charge in [0.1, 0.15) is 0 Å². The van der Waals surface area contributed by atoms with Crippen LogP contribution in [0.5, 0.6) is 0 Å². The number of benzene rings is 2. The molecule has 0 unspecified atom stereocenters. The Hall–Kier alpha value is -3.08. The number of para-hydroxylation sites is 1. The number of aryl methyl sites for hydroxylation is 1. The maximum atomic E-state index is 12.5. The van der Waals surface area contributed by atoms with Crippen LogP contribution in [0.1, 0.15) is 47.1 Å². The average molecular weight is 405 g/mol. The molecule has 1 amide bonds. The molecule has 3 aromatic rings. The normalized spacial score (nSPS) is 10.8. The van der Waals surface area contributed by atoms with Crippen LogP contribution in [0.2, 0.25) is 0 Å². The van der Waals surface area contributed by atoms with Crippen LogP contribution in [0.15, 0.2) is 54.6 Å². The molecule has 0 atom stereocenters. The first-order valence-electron chi connectivity index (χ1n) is 10.7. The number of rotatable bonds is 9. The van der Waals surface area contributed by atoms with Gasteiger partial charge in [0.25, 0.3) is 5.91 Å². The van der Waals surface area contributed by atoms with E-state index >= 15 is 0 Å². The highest BCUT2D eigenvalue weighted by Gasteiger charge is 2.13. The molecule has 1 N–H and O–H groups in total. The number of amides is 1. The molecule has 5 nitrogen and oxygen atoms in total. The number of nitrogens with zero attached hydrogens (tertiary/aromatic N) is 3. The summed E-state index contributed by atoms with van der Waals surface area (Å²) in [5.41, 5.74) is 6.42. The minimum Gasteiger partial charge on any atom is -0.375 e. The Morgan fingerprint density at radius 2 is 1.77 bits per heavy atom. The van der Waals surface area contributed by atoms with E-state index in [2.05, 4.69) is 55.3 Å². The molecule has 0 saturated heterocycles. The lowest BCUT2D eigenvalue weighted by Gasteiger charge is -2.19. The van der Waals surface area contributed by atoms with Gasteiger partial charge in [-0.2, -0.15) is 5.10 Å². The first-order valence-corrected chi connectivity index (χ1v) is 10.7. The monoisotopic (exact) mass is 404 g/mol. The highest BCUT2D eigenvalue weighted by Crippen LogP contribution is 2.19. The number of aromatic nitrogens is 2. The van der Waals surface area contributed by atoms with Crippen LogP contribution in [0, 0.1) is 13.8 Å². The molecule has 1 aromatic heterocycles. The summed E-state index contributed by atoms with van der Waals surface area (Å²) in [4.78, 5) is 14.7. The number of hydrogen-bond donors (Lipinski definition) is 1. The van der Waals surface area contributed by atoms with Gasteiger partial charge in [-0.15, -0.1) is 0 Å². The smallest absolute Gasteiger partial charge is 0.251 e. The highest BCUT2D eigenvalue weighted by atomic mass is 16.1. The number of carbonyl (C=O) groups excluding carboxylic acids is 1. The summed E-state index contributed by atoms with van der Waals surface area (Å²) in [7, 11) is 2.07. The van der Waals surface area contributed by atoms with E-state index in [0.29, 0.717) is 12.1 Å². The highest BCUT2D eigenvalue weighted by molar-refractivity contribution is 5.94. The maximum absolute atomic E-state index is 12.5. The standard InChI is InChI=1S/C25H32N4O/c1-5-10-24-19(2)27-29(20(24)3)23-15-13-21(14-16-23)25(30)26-17-9-18-28(4)22-11-7-6-8-12-22/h6-8,11-16H,5,9-10,17-18H2,1-4H3,(H,26,30). The molecule has 5 heteroatoms. The first kappa shape index (κ1) is 21.6. The Morgan fingerprint density at radius 1 is 1.07 bits per heavy atom. The van der Waals surface area contributed by atoms with Gasteiger partial charge in [-0.3, -0.25) is 4.79 Å². The van der Waals surface area contributed by atoms with Crippen molar-refractivity contribution in [2.75, 3.05) is 25.0 Å². The third kappa shape index (κ3) is 5.09. The Morgan fingerprint density at radius 3 is 2.43 bits per heavy atom. The summed E-state index contributed by atoms with van der Waals surface area (Å²) in [5.74, 6) is -0.0380. The van der Waals surface area contributed by atoms with E-state index in [4.69, 9.17) is 0 Å². The van der Waals surface area contributed by atoms with Gasteiger partial charge >= 0.3 is 0 Å². The van der Waals surface area contributed by atoms with E-state index in [9.17, 15) is 4.79 Å². The molecule has 0 aliphatic rings. The lowest BCUT2D eigenvalue weighted by atomic mass is 10.1. The first-order chi connectivity index (χ1) is 14.5. The number of anilines is 1. The van der Waals surface area contributed by atoms with Crippen LogP contribution in [0.4, 0.5) is 5.69 Å². The summed E-state index contributed by atoms with van der Waals surface area (Å²) in [6.07, 6.45) is 3.03.